The maximum atomic E-state index is 12.3. The predicted molar refractivity (Wildman–Crippen MR) is 71.3 cm³/mol. The third-order valence-electron chi connectivity index (χ3n) is 3.05. The van der Waals surface area contributed by atoms with Crippen LogP contribution in [-0.2, 0) is 4.79 Å². The van der Waals surface area contributed by atoms with Gasteiger partial charge in [-0.1, -0.05) is 0 Å². The Bertz CT molecular complexity index is 514. The number of benzene rings is 1. The summed E-state index contributed by atoms with van der Waals surface area (Å²) in [6.45, 7) is 3.43. The first kappa shape index (κ1) is 14.2. The van der Waals surface area contributed by atoms with Gasteiger partial charge in [0, 0.05) is 18.7 Å². The van der Waals surface area contributed by atoms with Gasteiger partial charge in [0.25, 0.3) is 5.91 Å². The van der Waals surface area contributed by atoms with Crippen LogP contribution in [0.15, 0.2) is 18.2 Å². The first-order valence-electron chi connectivity index (χ1n) is 6.52. The molecule has 0 bridgehead atoms. The summed E-state index contributed by atoms with van der Waals surface area (Å²) >= 11 is 0. The van der Waals surface area contributed by atoms with Crippen molar-refractivity contribution in [1.29, 1.82) is 0 Å². The first-order valence-corrected chi connectivity index (χ1v) is 6.52. The molecule has 0 fully saturated rings. The number of carbonyl (C=O) groups is 2. The van der Waals surface area contributed by atoms with E-state index in [-0.39, 0.29) is 18.9 Å². The second kappa shape index (κ2) is 6.27. The molecule has 108 valence electrons. The zero-order chi connectivity index (χ0) is 14.5. The van der Waals surface area contributed by atoms with Gasteiger partial charge >= 0.3 is 5.97 Å². The van der Waals surface area contributed by atoms with E-state index in [4.69, 9.17) is 14.6 Å². The maximum Gasteiger partial charge on any atom is 0.305 e. The fraction of sp³-hybridized carbons (Fsp3) is 0.429. The highest BCUT2D eigenvalue weighted by Crippen LogP contribution is 2.31. The molecular weight excluding hydrogens is 262 g/mol. The molecule has 0 saturated carbocycles. The maximum absolute atomic E-state index is 12.3. The lowest BCUT2D eigenvalue weighted by Gasteiger charge is -2.22. The Morgan fingerprint density at radius 3 is 2.60 bits per heavy atom. The second-order valence-electron chi connectivity index (χ2n) is 4.39. The molecule has 0 unspecified atom stereocenters. The summed E-state index contributed by atoms with van der Waals surface area (Å²) in [5.41, 5.74) is 0.474. The van der Waals surface area contributed by atoms with E-state index in [1.807, 2.05) is 6.92 Å². The summed E-state index contributed by atoms with van der Waals surface area (Å²) in [6, 6.07) is 5.01. The Morgan fingerprint density at radius 1 is 1.25 bits per heavy atom. The van der Waals surface area contributed by atoms with Crippen LogP contribution in [0.5, 0.6) is 11.5 Å². The van der Waals surface area contributed by atoms with Gasteiger partial charge in [0.1, 0.15) is 13.2 Å². The van der Waals surface area contributed by atoms with Crippen molar-refractivity contribution in [3.8, 4) is 11.5 Å². The van der Waals surface area contributed by atoms with Gasteiger partial charge in [-0.3, -0.25) is 9.59 Å². The van der Waals surface area contributed by atoms with Gasteiger partial charge in [0.15, 0.2) is 11.5 Å². The molecule has 0 atom stereocenters. The van der Waals surface area contributed by atoms with Crippen LogP contribution in [0, 0.1) is 0 Å². The predicted octanol–water partition coefficient (Wildman–Crippen LogP) is 1.39. The number of carboxylic acid groups (broad SMARTS) is 1. The number of hydrogen-bond acceptors (Lipinski definition) is 4. The lowest BCUT2D eigenvalue weighted by Crippen LogP contribution is -2.33. The molecule has 1 aliphatic rings. The van der Waals surface area contributed by atoms with E-state index < -0.39 is 5.97 Å². The third kappa shape index (κ3) is 3.20. The lowest BCUT2D eigenvalue weighted by atomic mass is 10.1. The molecule has 1 amide bonds. The van der Waals surface area contributed by atoms with Crippen molar-refractivity contribution in [2.75, 3.05) is 26.3 Å². The number of carboxylic acids is 1. The summed E-state index contributed by atoms with van der Waals surface area (Å²) in [4.78, 5) is 24.4. The normalized spacial score (nSPS) is 12.8. The Morgan fingerprint density at radius 2 is 1.95 bits per heavy atom. The minimum Gasteiger partial charge on any atom is -0.486 e. The highest BCUT2D eigenvalue weighted by molar-refractivity contribution is 5.95. The highest BCUT2D eigenvalue weighted by Gasteiger charge is 2.19. The fourth-order valence-corrected chi connectivity index (χ4v) is 1.99. The number of fused-ring (bicyclic) bond motifs is 1. The number of aliphatic carboxylic acids is 1. The minimum absolute atomic E-state index is 0.0653. The smallest absolute Gasteiger partial charge is 0.305 e. The molecule has 1 aliphatic heterocycles. The molecule has 0 radical (unpaired) electrons. The number of rotatable bonds is 5. The fourth-order valence-electron chi connectivity index (χ4n) is 1.99. The number of ether oxygens (including phenoxy) is 2. The van der Waals surface area contributed by atoms with E-state index in [0.29, 0.717) is 36.8 Å². The van der Waals surface area contributed by atoms with Crippen LogP contribution >= 0.6 is 0 Å². The molecular formula is C14H17NO5. The number of amides is 1. The largest absolute Gasteiger partial charge is 0.486 e. The molecule has 6 nitrogen and oxygen atoms in total. The Hall–Kier alpha value is -2.24. The summed E-state index contributed by atoms with van der Waals surface area (Å²) < 4.78 is 10.8. The SMILES string of the molecule is CCN(CCC(=O)O)C(=O)c1ccc2c(c1)OCCO2. The van der Waals surface area contributed by atoms with E-state index in [2.05, 4.69) is 0 Å². The van der Waals surface area contributed by atoms with Crippen LogP contribution in [-0.4, -0.2) is 48.2 Å². The quantitative estimate of drug-likeness (QED) is 0.881. The van der Waals surface area contributed by atoms with Crippen molar-refractivity contribution in [3.63, 3.8) is 0 Å². The van der Waals surface area contributed by atoms with E-state index >= 15 is 0 Å². The van der Waals surface area contributed by atoms with Crippen LogP contribution in [0.3, 0.4) is 0 Å². The summed E-state index contributed by atoms with van der Waals surface area (Å²) in [7, 11) is 0. The number of carbonyl (C=O) groups excluding carboxylic acids is 1. The van der Waals surface area contributed by atoms with Crippen molar-refractivity contribution in [3.05, 3.63) is 23.8 Å². The second-order valence-corrected chi connectivity index (χ2v) is 4.39. The van der Waals surface area contributed by atoms with E-state index in [1.165, 1.54) is 4.90 Å². The molecule has 0 spiro atoms. The van der Waals surface area contributed by atoms with E-state index in [9.17, 15) is 9.59 Å². The van der Waals surface area contributed by atoms with E-state index in [1.54, 1.807) is 18.2 Å². The van der Waals surface area contributed by atoms with Gasteiger partial charge in [-0.2, -0.15) is 0 Å². The van der Waals surface area contributed by atoms with Crippen LogP contribution in [0.1, 0.15) is 23.7 Å². The molecule has 2 rings (SSSR count). The van der Waals surface area contributed by atoms with Gasteiger partial charge in [-0.15, -0.1) is 0 Å². The van der Waals surface area contributed by atoms with Gasteiger partial charge in [-0.25, -0.2) is 0 Å². The first-order chi connectivity index (χ1) is 9.61. The topological polar surface area (TPSA) is 76.1 Å². The zero-order valence-electron chi connectivity index (χ0n) is 11.3. The number of hydrogen-bond donors (Lipinski definition) is 1. The minimum atomic E-state index is -0.918. The van der Waals surface area contributed by atoms with Crippen molar-refractivity contribution < 1.29 is 24.2 Å². The van der Waals surface area contributed by atoms with Crippen LogP contribution in [0.4, 0.5) is 0 Å². The van der Waals surface area contributed by atoms with Crippen molar-refractivity contribution in [2.45, 2.75) is 13.3 Å². The summed E-state index contributed by atoms with van der Waals surface area (Å²) in [5, 5.41) is 8.69. The van der Waals surface area contributed by atoms with Gasteiger partial charge in [-0.05, 0) is 25.1 Å². The molecule has 1 heterocycles. The standard InChI is InChI=1S/C14H17NO5/c1-2-15(6-5-13(16)17)14(18)10-3-4-11-12(9-10)20-8-7-19-11/h3-4,9H,2,5-8H2,1H3,(H,16,17). The number of nitrogens with zero attached hydrogens (tertiary/aromatic N) is 1. The van der Waals surface area contributed by atoms with Crippen molar-refractivity contribution in [1.82, 2.24) is 4.90 Å². The van der Waals surface area contributed by atoms with E-state index in [0.717, 1.165) is 0 Å². The average Bonchev–Trinajstić information content (AvgIpc) is 2.47. The van der Waals surface area contributed by atoms with Crippen LogP contribution < -0.4 is 9.47 Å². The molecule has 0 saturated heterocycles. The molecule has 1 aromatic carbocycles. The molecule has 0 aromatic heterocycles. The van der Waals surface area contributed by atoms with Crippen LogP contribution in [0.25, 0.3) is 0 Å². The monoisotopic (exact) mass is 279 g/mol. The average molecular weight is 279 g/mol. The van der Waals surface area contributed by atoms with Crippen LogP contribution in [0.2, 0.25) is 0 Å². The Kier molecular flexibility index (Phi) is 4.45. The Labute approximate surface area is 116 Å². The van der Waals surface area contributed by atoms with Crippen molar-refractivity contribution in [2.24, 2.45) is 0 Å². The molecule has 6 heteroatoms. The van der Waals surface area contributed by atoms with Crippen molar-refractivity contribution >= 4 is 11.9 Å². The molecule has 0 aliphatic carbocycles. The Balaban J connectivity index is 2.12. The molecule has 20 heavy (non-hydrogen) atoms. The van der Waals surface area contributed by atoms with Gasteiger partial charge < -0.3 is 19.5 Å². The zero-order valence-corrected chi connectivity index (χ0v) is 11.3. The summed E-state index contributed by atoms with van der Waals surface area (Å²) in [6.07, 6.45) is -0.0653. The molecule has 1 aromatic rings. The van der Waals surface area contributed by atoms with Gasteiger partial charge in [0.05, 0.1) is 6.42 Å². The molecule has 1 N–H and O–H groups in total. The lowest BCUT2D eigenvalue weighted by molar-refractivity contribution is -0.137. The highest BCUT2D eigenvalue weighted by atomic mass is 16.6. The summed E-state index contributed by atoms with van der Waals surface area (Å²) in [5.74, 6) is 0.0573. The van der Waals surface area contributed by atoms with Gasteiger partial charge in [0.2, 0.25) is 0 Å². The third-order valence-corrected chi connectivity index (χ3v) is 3.05.